The summed E-state index contributed by atoms with van der Waals surface area (Å²) >= 11 is 1.48. The van der Waals surface area contributed by atoms with Gasteiger partial charge in [-0.1, -0.05) is 0 Å². The molecule has 0 saturated heterocycles. The van der Waals surface area contributed by atoms with Gasteiger partial charge >= 0.3 is 5.97 Å². The first-order valence-corrected chi connectivity index (χ1v) is 6.96. The lowest BCUT2D eigenvalue weighted by molar-refractivity contribution is -0.121. The highest BCUT2D eigenvalue weighted by atomic mass is 32.1. The van der Waals surface area contributed by atoms with Gasteiger partial charge in [-0.05, 0) is 17.5 Å². The van der Waals surface area contributed by atoms with Crippen LogP contribution in [0.5, 0.6) is 0 Å². The third kappa shape index (κ3) is 3.00. The van der Waals surface area contributed by atoms with Gasteiger partial charge < -0.3 is 19.4 Å². The van der Waals surface area contributed by atoms with Crippen molar-refractivity contribution < 1.29 is 19.1 Å². The molecule has 0 aromatic carbocycles. The second kappa shape index (κ2) is 6.53. The van der Waals surface area contributed by atoms with Crippen LogP contribution in [0.1, 0.15) is 10.5 Å². The molecule has 20 heavy (non-hydrogen) atoms. The van der Waals surface area contributed by atoms with E-state index in [1.54, 1.807) is 17.7 Å². The van der Waals surface area contributed by atoms with Crippen molar-refractivity contribution in [1.29, 1.82) is 0 Å². The first-order chi connectivity index (χ1) is 9.67. The fourth-order valence-electron chi connectivity index (χ4n) is 1.90. The van der Waals surface area contributed by atoms with Gasteiger partial charge in [0.2, 0.25) is 5.91 Å². The summed E-state index contributed by atoms with van der Waals surface area (Å²) < 4.78 is 11.3. The first-order valence-electron chi connectivity index (χ1n) is 6.08. The number of hydrogen-bond acceptors (Lipinski definition) is 5. The second-order valence-corrected chi connectivity index (χ2v) is 5.03. The minimum atomic E-state index is -0.446. The molecule has 0 bridgehead atoms. The van der Waals surface area contributed by atoms with Crippen LogP contribution in [0.2, 0.25) is 0 Å². The average molecular weight is 296 g/mol. The zero-order chi connectivity index (χ0) is 14.5. The normalized spacial score (nSPS) is 10.7. The molecule has 2 heterocycles. The molecular weight excluding hydrogens is 280 g/mol. The Morgan fingerprint density at radius 3 is 2.90 bits per heavy atom. The summed E-state index contributed by atoms with van der Waals surface area (Å²) in [5.41, 5.74) is 0.385. The molecule has 2 aromatic rings. The highest BCUT2D eigenvalue weighted by Gasteiger charge is 2.18. The van der Waals surface area contributed by atoms with E-state index < -0.39 is 5.97 Å². The number of nitrogens with zero attached hydrogens (tertiary/aromatic N) is 1. The minimum Gasteiger partial charge on any atom is -0.464 e. The third-order valence-electron chi connectivity index (χ3n) is 2.83. The standard InChI is InChI=1S/C13H16N2O4S/c1-18-5-4-14-11(16)8-15-10(13(17)19-2)7-9-3-6-20-12(9)15/h3,6-7H,4-5,8H2,1-2H3,(H,14,16). The van der Waals surface area contributed by atoms with Crippen molar-refractivity contribution in [2.45, 2.75) is 6.54 Å². The summed E-state index contributed by atoms with van der Waals surface area (Å²) in [6.07, 6.45) is 0. The average Bonchev–Trinajstić information content (AvgIpc) is 3.01. The van der Waals surface area contributed by atoms with Gasteiger partial charge in [-0.15, -0.1) is 11.3 Å². The van der Waals surface area contributed by atoms with Gasteiger partial charge in [-0.3, -0.25) is 4.79 Å². The Morgan fingerprint density at radius 2 is 2.20 bits per heavy atom. The molecule has 0 unspecified atom stereocenters. The summed E-state index contributed by atoms with van der Waals surface area (Å²) in [6.45, 7) is 0.978. The molecule has 0 atom stereocenters. The van der Waals surface area contributed by atoms with Crippen LogP contribution in [-0.4, -0.2) is 43.8 Å². The van der Waals surface area contributed by atoms with Crippen molar-refractivity contribution in [2.24, 2.45) is 0 Å². The summed E-state index contributed by atoms with van der Waals surface area (Å²) in [7, 11) is 2.90. The number of thiophene rings is 1. The van der Waals surface area contributed by atoms with Crippen molar-refractivity contribution in [3.63, 3.8) is 0 Å². The largest absolute Gasteiger partial charge is 0.464 e. The number of carbonyl (C=O) groups is 2. The zero-order valence-corrected chi connectivity index (χ0v) is 12.2. The molecule has 1 amide bonds. The van der Waals surface area contributed by atoms with Crippen LogP contribution in [0.15, 0.2) is 17.5 Å². The Hall–Kier alpha value is -1.86. The van der Waals surface area contributed by atoms with Gasteiger partial charge in [0, 0.05) is 19.0 Å². The maximum Gasteiger partial charge on any atom is 0.354 e. The highest BCUT2D eigenvalue weighted by molar-refractivity contribution is 7.16. The number of aromatic nitrogens is 1. The number of carbonyl (C=O) groups excluding carboxylic acids is 2. The molecule has 0 radical (unpaired) electrons. The summed E-state index contributed by atoms with van der Waals surface area (Å²) in [5.74, 6) is -0.615. The van der Waals surface area contributed by atoms with Crippen molar-refractivity contribution in [1.82, 2.24) is 9.88 Å². The molecule has 1 N–H and O–H groups in total. The zero-order valence-electron chi connectivity index (χ0n) is 11.3. The number of methoxy groups -OCH3 is 2. The summed E-state index contributed by atoms with van der Waals surface area (Å²) in [4.78, 5) is 24.5. The number of esters is 1. The second-order valence-electron chi connectivity index (χ2n) is 4.13. The number of amides is 1. The molecule has 0 aliphatic heterocycles. The fourth-order valence-corrected chi connectivity index (χ4v) is 2.79. The smallest absolute Gasteiger partial charge is 0.354 e. The number of nitrogens with one attached hydrogen (secondary N) is 1. The molecule has 2 aromatic heterocycles. The van der Waals surface area contributed by atoms with E-state index in [0.29, 0.717) is 18.8 Å². The molecule has 2 rings (SSSR count). The third-order valence-corrected chi connectivity index (χ3v) is 3.78. The predicted molar refractivity (Wildman–Crippen MR) is 76.0 cm³/mol. The quantitative estimate of drug-likeness (QED) is 0.643. The van der Waals surface area contributed by atoms with Gasteiger partial charge in [0.05, 0.1) is 13.7 Å². The summed E-state index contributed by atoms with van der Waals surface area (Å²) in [5, 5.41) is 5.58. The molecular formula is C13H16N2O4S. The Bertz CT molecular complexity index is 617. The van der Waals surface area contributed by atoms with Crippen molar-refractivity contribution in [3.05, 3.63) is 23.2 Å². The van der Waals surface area contributed by atoms with Gasteiger partial charge in [0.25, 0.3) is 0 Å². The molecule has 7 heteroatoms. The van der Waals surface area contributed by atoms with E-state index in [2.05, 4.69) is 5.32 Å². The van der Waals surface area contributed by atoms with Crippen LogP contribution < -0.4 is 5.32 Å². The first kappa shape index (κ1) is 14.5. The maximum atomic E-state index is 11.9. The molecule has 0 spiro atoms. The Balaban J connectivity index is 2.20. The minimum absolute atomic E-state index is 0.0815. The number of rotatable bonds is 6. The summed E-state index contributed by atoms with van der Waals surface area (Å²) in [6, 6.07) is 3.64. The van der Waals surface area contributed by atoms with Crippen LogP contribution in [-0.2, 0) is 20.8 Å². The number of ether oxygens (including phenoxy) is 2. The highest BCUT2D eigenvalue weighted by Crippen LogP contribution is 2.25. The van der Waals surface area contributed by atoms with E-state index >= 15 is 0 Å². The number of hydrogen-bond donors (Lipinski definition) is 1. The Kier molecular flexibility index (Phi) is 4.75. The Labute approximate surface area is 120 Å². The van der Waals surface area contributed by atoms with Gasteiger partial charge in [0.15, 0.2) is 0 Å². The van der Waals surface area contributed by atoms with E-state index in [0.717, 1.165) is 10.2 Å². The van der Waals surface area contributed by atoms with Crippen molar-refractivity contribution in [3.8, 4) is 0 Å². The molecule has 108 valence electrons. The van der Waals surface area contributed by atoms with Crippen LogP contribution in [0, 0.1) is 0 Å². The van der Waals surface area contributed by atoms with Crippen LogP contribution in [0.25, 0.3) is 10.2 Å². The van der Waals surface area contributed by atoms with Crippen LogP contribution in [0.4, 0.5) is 0 Å². The molecule has 6 nitrogen and oxygen atoms in total. The molecule has 0 saturated carbocycles. The fraction of sp³-hybridized carbons (Fsp3) is 0.385. The lowest BCUT2D eigenvalue weighted by Crippen LogP contribution is -2.31. The molecule has 0 fully saturated rings. The monoisotopic (exact) mass is 296 g/mol. The van der Waals surface area contributed by atoms with Crippen molar-refractivity contribution in [2.75, 3.05) is 27.4 Å². The lowest BCUT2D eigenvalue weighted by atomic mass is 10.3. The van der Waals surface area contributed by atoms with Crippen molar-refractivity contribution >= 4 is 33.4 Å². The topological polar surface area (TPSA) is 69.6 Å². The van der Waals surface area contributed by atoms with E-state index in [1.165, 1.54) is 18.4 Å². The van der Waals surface area contributed by atoms with E-state index in [9.17, 15) is 9.59 Å². The van der Waals surface area contributed by atoms with Gasteiger partial charge in [0.1, 0.15) is 17.1 Å². The molecule has 0 aliphatic carbocycles. The van der Waals surface area contributed by atoms with E-state index in [1.807, 2.05) is 11.4 Å². The Morgan fingerprint density at radius 1 is 1.40 bits per heavy atom. The van der Waals surface area contributed by atoms with Gasteiger partial charge in [-0.2, -0.15) is 0 Å². The lowest BCUT2D eigenvalue weighted by Gasteiger charge is -2.09. The van der Waals surface area contributed by atoms with Crippen LogP contribution in [0.3, 0.4) is 0 Å². The SMILES string of the molecule is COCCNC(=O)Cn1c(C(=O)OC)cc2ccsc21. The number of fused-ring (bicyclic) bond motifs is 1. The van der Waals surface area contributed by atoms with Crippen LogP contribution >= 0.6 is 11.3 Å². The predicted octanol–water partition coefficient (Wildman–Crippen LogP) is 1.25. The maximum absolute atomic E-state index is 11.9. The van der Waals surface area contributed by atoms with E-state index in [-0.39, 0.29) is 12.5 Å². The van der Waals surface area contributed by atoms with E-state index in [4.69, 9.17) is 9.47 Å². The van der Waals surface area contributed by atoms with Gasteiger partial charge in [-0.25, -0.2) is 4.79 Å². The molecule has 0 aliphatic rings.